The summed E-state index contributed by atoms with van der Waals surface area (Å²) in [7, 11) is 0. The Morgan fingerprint density at radius 3 is 2.61 bits per heavy atom. The van der Waals surface area contributed by atoms with E-state index in [9.17, 15) is 9.59 Å². The lowest BCUT2D eigenvalue weighted by Crippen LogP contribution is -2.40. The molecule has 0 saturated carbocycles. The molecule has 1 fully saturated rings. The lowest BCUT2D eigenvalue weighted by atomic mass is 9.96. The van der Waals surface area contributed by atoms with Crippen molar-refractivity contribution in [3.8, 4) is 5.82 Å². The van der Waals surface area contributed by atoms with E-state index in [1.807, 2.05) is 49.4 Å². The maximum atomic E-state index is 12.8. The van der Waals surface area contributed by atoms with Crippen molar-refractivity contribution in [1.82, 2.24) is 19.7 Å². The monoisotopic (exact) mass is 377 g/mol. The van der Waals surface area contributed by atoms with Gasteiger partial charge in [0, 0.05) is 37.4 Å². The summed E-state index contributed by atoms with van der Waals surface area (Å²) in [5, 5.41) is 8.57. The number of likely N-dealkylation sites (tertiary alicyclic amines) is 1. The summed E-state index contributed by atoms with van der Waals surface area (Å²) in [6, 6.07) is 13.6. The molecule has 0 unspecified atom stereocenters. The molecular formula is C21H23N5O2. The highest BCUT2D eigenvalue weighted by molar-refractivity contribution is 5.92. The second-order valence-corrected chi connectivity index (χ2v) is 7.21. The summed E-state index contributed by atoms with van der Waals surface area (Å²) in [6.45, 7) is 4.70. The molecule has 7 nitrogen and oxygen atoms in total. The third-order valence-electron chi connectivity index (χ3n) is 5.19. The van der Waals surface area contributed by atoms with Gasteiger partial charge in [0.2, 0.25) is 11.8 Å². The molecule has 0 bridgehead atoms. The van der Waals surface area contributed by atoms with E-state index in [-0.39, 0.29) is 17.7 Å². The number of piperidine rings is 1. The maximum Gasteiger partial charge on any atom is 0.228 e. The number of pyridine rings is 1. The van der Waals surface area contributed by atoms with Gasteiger partial charge in [-0.25, -0.2) is 4.98 Å². The van der Waals surface area contributed by atoms with Gasteiger partial charge >= 0.3 is 0 Å². The van der Waals surface area contributed by atoms with Crippen LogP contribution < -0.4 is 5.32 Å². The van der Waals surface area contributed by atoms with Crippen molar-refractivity contribution in [3.05, 3.63) is 48.2 Å². The lowest BCUT2D eigenvalue weighted by molar-refractivity contribution is -0.132. The van der Waals surface area contributed by atoms with Gasteiger partial charge in [-0.1, -0.05) is 18.2 Å². The number of carbonyl (C=O) groups excluding carboxylic acids is 2. The fourth-order valence-electron chi connectivity index (χ4n) is 3.62. The van der Waals surface area contributed by atoms with Crippen molar-refractivity contribution >= 4 is 28.5 Å². The van der Waals surface area contributed by atoms with Gasteiger partial charge in [0.25, 0.3) is 0 Å². The van der Waals surface area contributed by atoms with E-state index in [0.29, 0.717) is 37.6 Å². The molecule has 4 rings (SSSR count). The van der Waals surface area contributed by atoms with E-state index in [1.165, 1.54) is 0 Å². The van der Waals surface area contributed by atoms with Crippen LogP contribution in [0.15, 0.2) is 42.5 Å². The highest BCUT2D eigenvalue weighted by atomic mass is 16.2. The molecular weight excluding hydrogens is 354 g/mol. The van der Waals surface area contributed by atoms with Crippen LogP contribution in [0, 0.1) is 12.8 Å². The Balaban J connectivity index is 1.54. The molecule has 2 aromatic heterocycles. The molecule has 3 heterocycles. The number of fused-ring (bicyclic) bond motifs is 1. The molecule has 1 aromatic carbocycles. The predicted octanol–water partition coefficient (Wildman–Crippen LogP) is 2.93. The first kappa shape index (κ1) is 18.2. The van der Waals surface area contributed by atoms with Gasteiger partial charge in [-0.05, 0) is 38.0 Å². The van der Waals surface area contributed by atoms with Crippen molar-refractivity contribution in [2.24, 2.45) is 5.92 Å². The van der Waals surface area contributed by atoms with Gasteiger partial charge in [0.15, 0.2) is 5.82 Å². The standard InChI is InChI=1S/C21H23N5O2/c1-14-13-20(23-21(28)17-9-11-25(12-10-17)15(2)27)26(24-14)19-8-7-16-5-3-4-6-18(16)22-19/h3-8,13,17H,9-12H2,1-2H3,(H,23,28). The number of hydrogen-bond acceptors (Lipinski definition) is 4. The fraction of sp³-hybridized carbons (Fsp3) is 0.333. The SMILES string of the molecule is CC(=O)N1CCC(C(=O)Nc2cc(C)nn2-c2ccc3ccccc3n2)CC1. The molecule has 1 aliphatic rings. The summed E-state index contributed by atoms with van der Waals surface area (Å²) < 4.78 is 1.67. The molecule has 1 N–H and O–H groups in total. The van der Waals surface area contributed by atoms with Crippen LogP contribution in [-0.4, -0.2) is 44.6 Å². The van der Waals surface area contributed by atoms with E-state index in [2.05, 4.69) is 15.4 Å². The van der Waals surface area contributed by atoms with Gasteiger partial charge in [0.05, 0.1) is 11.2 Å². The van der Waals surface area contributed by atoms with Crippen LogP contribution >= 0.6 is 0 Å². The van der Waals surface area contributed by atoms with Crippen LogP contribution in [0.4, 0.5) is 5.82 Å². The minimum Gasteiger partial charge on any atom is -0.343 e. The molecule has 0 spiro atoms. The molecule has 0 aliphatic carbocycles. The van der Waals surface area contributed by atoms with Gasteiger partial charge in [-0.2, -0.15) is 9.78 Å². The highest BCUT2D eigenvalue weighted by Crippen LogP contribution is 2.22. The quantitative estimate of drug-likeness (QED) is 0.761. The van der Waals surface area contributed by atoms with E-state index >= 15 is 0 Å². The highest BCUT2D eigenvalue weighted by Gasteiger charge is 2.27. The lowest BCUT2D eigenvalue weighted by Gasteiger charge is -2.30. The number of anilines is 1. The molecule has 28 heavy (non-hydrogen) atoms. The first-order chi connectivity index (χ1) is 13.5. The average Bonchev–Trinajstić information content (AvgIpc) is 3.07. The largest absolute Gasteiger partial charge is 0.343 e. The number of aromatic nitrogens is 3. The molecule has 144 valence electrons. The number of amides is 2. The van der Waals surface area contributed by atoms with Crippen molar-refractivity contribution in [2.75, 3.05) is 18.4 Å². The predicted molar refractivity (Wildman–Crippen MR) is 107 cm³/mol. The van der Waals surface area contributed by atoms with E-state index in [0.717, 1.165) is 16.6 Å². The number of carbonyl (C=O) groups is 2. The van der Waals surface area contributed by atoms with Gasteiger partial charge in [-0.15, -0.1) is 0 Å². The Kier molecular flexibility index (Phi) is 4.81. The minimum atomic E-state index is -0.108. The Morgan fingerprint density at radius 2 is 1.86 bits per heavy atom. The Morgan fingerprint density at radius 1 is 1.11 bits per heavy atom. The Hall–Kier alpha value is -3.22. The molecule has 3 aromatic rings. The summed E-state index contributed by atoms with van der Waals surface area (Å²) >= 11 is 0. The number of benzene rings is 1. The molecule has 0 atom stereocenters. The second-order valence-electron chi connectivity index (χ2n) is 7.21. The van der Waals surface area contributed by atoms with E-state index < -0.39 is 0 Å². The van der Waals surface area contributed by atoms with E-state index in [1.54, 1.807) is 16.5 Å². The fourth-order valence-corrected chi connectivity index (χ4v) is 3.62. The Bertz CT molecular complexity index is 1030. The van der Waals surface area contributed by atoms with Crippen LogP contribution in [-0.2, 0) is 9.59 Å². The zero-order valence-corrected chi connectivity index (χ0v) is 16.1. The molecule has 2 amide bonds. The first-order valence-electron chi connectivity index (χ1n) is 9.50. The van der Waals surface area contributed by atoms with Crippen molar-refractivity contribution in [2.45, 2.75) is 26.7 Å². The van der Waals surface area contributed by atoms with Crippen molar-refractivity contribution in [1.29, 1.82) is 0 Å². The summed E-state index contributed by atoms with van der Waals surface area (Å²) in [4.78, 5) is 30.7. The Labute approximate surface area is 163 Å². The van der Waals surface area contributed by atoms with E-state index in [4.69, 9.17) is 0 Å². The van der Waals surface area contributed by atoms with Crippen LogP contribution in [0.2, 0.25) is 0 Å². The van der Waals surface area contributed by atoms with Crippen molar-refractivity contribution in [3.63, 3.8) is 0 Å². The third-order valence-corrected chi connectivity index (χ3v) is 5.19. The van der Waals surface area contributed by atoms with Crippen LogP contribution in [0.1, 0.15) is 25.5 Å². The van der Waals surface area contributed by atoms with Gasteiger partial charge in [-0.3, -0.25) is 9.59 Å². The van der Waals surface area contributed by atoms with Crippen LogP contribution in [0.3, 0.4) is 0 Å². The second kappa shape index (κ2) is 7.42. The summed E-state index contributed by atoms with van der Waals surface area (Å²) in [5.41, 5.74) is 1.68. The smallest absolute Gasteiger partial charge is 0.228 e. The number of nitrogens with zero attached hydrogens (tertiary/aromatic N) is 4. The number of rotatable bonds is 3. The number of hydrogen-bond donors (Lipinski definition) is 1. The van der Waals surface area contributed by atoms with Gasteiger partial charge in [0.1, 0.15) is 5.82 Å². The maximum absolute atomic E-state index is 12.8. The minimum absolute atomic E-state index is 0.0369. The number of aryl methyl sites for hydroxylation is 1. The molecule has 1 aliphatic heterocycles. The normalized spacial score (nSPS) is 15.0. The number of nitrogens with one attached hydrogen (secondary N) is 1. The first-order valence-corrected chi connectivity index (χ1v) is 9.50. The van der Waals surface area contributed by atoms with Crippen molar-refractivity contribution < 1.29 is 9.59 Å². The zero-order chi connectivity index (χ0) is 19.7. The molecule has 1 saturated heterocycles. The van der Waals surface area contributed by atoms with Gasteiger partial charge < -0.3 is 10.2 Å². The topological polar surface area (TPSA) is 80.1 Å². The molecule has 0 radical (unpaired) electrons. The molecule has 7 heteroatoms. The average molecular weight is 377 g/mol. The third kappa shape index (κ3) is 3.60. The zero-order valence-electron chi connectivity index (χ0n) is 16.1. The summed E-state index contributed by atoms with van der Waals surface area (Å²) in [6.07, 6.45) is 1.35. The van der Waals surface area contributed by atoms with Crippen LogP contribution in [0.5, 0.6) is 0 Å². The summed E-state index contributed by atoms with van der Waals surface area (Å²) in [5.74, 6) is 1.19. The number of para-hydroxylation sites is 1. The van der Waals surface area contributed by atoms with Crippen LogP contribution in [0.25, 0.3) is 16.7 Å².